The fourth-order valence-corrected chi connectivity index (χ4v) is 7.97. The maximum Gasteiger partial charge on any atom is 0.329 e. The maximum absolute atomic E-state index is 14.0. The standard InChI is InChI=1S/C50H65ClN4O12/c1-6-50(2,3)47(59)48(60)55-23-8-7-14-40(55)49(61)67-41(19-15-34-16-20-42(62-4)43(29-34)63-5)36-11-9-13-37(30-36)53-44(56)21-25-64-27-28-65-26-22-52-45(57)33-66-38-17-18-39-35(31-38)12-10-24-54(39)46(58)32-51/h9,11,13,16-18,20,29-31,40-41H,6-8,10,12,14-15,19,21-28,32-33H2,1-5H3,(H,52,57)(H,53,56). The fraction of sp³-hybridized carbons (Fsp3) is 0.520. The molecule has 0 radical (unpaired) electrons. The molecule has 2 aliphatic rings. The van der Waals surface area contributed by atoms with Crippen molar-refractivity contribution in [3.63, 3.8) is 0 Å². The van der Waals surface area contributed by atoms with Crippen molar-refractivity contribution in [2.45, 2.75) is 90.7 Å². The minimum atomic E-state index is -0.905. The van der Waals surface area contributed by atoms with Crippen molar-refractivity contribution < 1.29 is 57.2 Å². The largest absolute Gasteiger partial charge is 0.493 e. The number of likely N-dealkylation sites (tertiary alicyclic amines) is 1. The van der Waals surface area contributed by atoms with Gasteiger partial charge in [-0.2, -0.15) is 0 Å². The van der Waals surface area contributed by atoms with Gasteiger partial charge in [0, 0.05) is 36.4 Å². The maximum atomic E-state index is 14.0. The van der Waals surface area contributed by atoms with Crippen LogP contribution >= 0.6 is 11.6 Å². The number of ether oxygens (including phenoxy) is 6. The molecule has 0 bridgehead atoms. The van der Waals surface area contributed by atoms with Crippen LogP contribution in [0.25, 0.3) is 0 Å². The van der Waals surface area contributed by atoms with Gasteiger partial charge in [-0.05, 0) is 111 Å². The second-order valence-electron chi connectivity index (χ2n) is 17.1. The van der Waals surface area contributed by atoms with E-state index in [1.54, 1.807) is 57.2 Å². The summed E-state index contributed by atoms with van der Waals surface area (Å²) in [5.41, 5.74) is 3.00. The molecule has 16 nitrogen and oxygen atoms in total. The molecule has 67 heavy (non-hydrogen) atoms. The Morgan fingerprint density at radius 1 is 0.851 bits per heavy atom. The lowest BCUT2D eigenvalue weighted by Gasteiger charge is -2.36. The van der Waals surface area contributed by atoms with Crippen molar-refractivity contribution in [2.24, 2.45) is 5.41 Å². The van der Waals surface area contributed by atoms with Crippen LogP contribution in [-0.2, 0) is 55.8 Å². The molecular weight excluding hydrogens is 884 g/mol. The van der Waals surface area contributed by atoms with Crippen molar-refractivity contribution in [3.8, 4) is 17.2 Å². The number of aryl methyl sites for hydroxylation is 2. The second-order valence-corrected chi connectivity index (χ2v) is 17.4. The third kappa shape index (κ3) is 15.1. The molecule has 3 aromatic carbocycles. The normalized spacial score (nSPS) is 15.2. The molecule has 0 saturated carbocycles. The average Bonchev–Trinajstić information content (AvgIpc) is 3.35. The zero-order valence-electron chi connectivity index (χ0n) is 39.3. The number of Topliss-reactive ketones (excluding diaryl/α,β-unsaturated/α-hetero) is 1. The predicted molar refractivity (Wildman–Crippen MR) is 253 cm³/mol. The molecule has 17 heteroatoms. The molecule has 364 valence electrons. The Hall–Kier alpha value is -5.71. The highest BCUT2D eigenvalue weighted by Crippen LogP contribution is 2.34. The number of halogens is 1. The van der Waals surface area contributed by atoms with E-state index in [-0.39, 0.29) is 76.1 Å². The Morgan fingerprint density at radius 2 is 1.63 bits per heavy atom. The van der Waals surface area contributed by atoms with E-state index in [1.165, 1.54) is 4.90 Å². The van der Waals surface area contributed by atoms with E-state index in [4.69, 9.17) is 40.0 Å². The first-order valence-electron chi connectivity index (χ1n) is 23.0. The summed E-state index contributed by atoms with van der Waals surface area (Å²) in [7, 11) is 3.12. The number of methoxy groups -OCH3 is 2. The molecule has 4 amide bonds. The average molecular weight is 950 g/mol. The lowest BCUT2D eigenvalue weighted by Crippen LogP contribution is -2.53. The summed E-state index contributed by atoms with van der Waals surface area (Å²) in [6.45, 7) is 7.25. The Balaban J connectivity index is 1.07. The molecule has 2 unspecified atom stereocenters. The molecule has 0 spiro atoms. The number of rotatable bonds is 25. The molecule has 5 rings (SSSR count). The van der Waals surface area contributed by atoms with E-state index in [9.17, 15) is 28.8 Å². The number of piperidine rings is 1. The van der Waals surface area contributed by atoms with Crippen molar-refractivity contribution in [3.05, 3.63) is 77.4 Å². The van der Waals surface area contributed by atoms with E-state index in [0.717, 1.165) is 29.7 Å². The van der Waals surface area contributed by atoms with Crippen LogP contribution in [0.5, 0.6) is 17.2 Å². The van der Waals surface area contributed by atoms with E-state index in [2.05, 4.69) is 10.6 Å². The van der Waals surface area contributed by atoms with Gasteiger partial charge in [0.15, 0.2) is 18.1 Å². The van der Waals surface area contributed by atoms with Crippen LogP contribution < -0.4 is 29.7 Å². The van der Waals surface area contributed by atoms with Gasteiger partial charge in [0.2, 0.25) is 17.6 Å². The van der Waals surface area contributed by atoms with Crippen LogP contribution in [0, 0.1) is 5.41 Å². The summed E-state index contributed by atoms with van der Waals surface area (Å²) in [4.78, 5) is 81.3. The van der Waals surface area contributed by atoms with Crippen LogP contribution in [-0.4, -0.2) is 119 Å². The summed E-state index contributed by atoms with van der Waals surface area (Å²) < 4.78 is 34.0. The first-order chi connectivity index (χ1) is 32.3. The van der Waals surface area contributed by atoms with E-state index in [0.29, 0.717) is 73.6 Å². The van der Waals surface area contributed by atoms with Crippen LogP contribution in [0.4, 0.5) is 11.4 Å². The number of benzene rings is 3. The quantitative estimate of drug-likeness (QED) is 0.0414. The summed E-state index contributed by atoms with van der Waals surface area (Å²) in [6.07, 6.45) is 4.06. The highest BCUT2D eigenvalue weighted by atomic mass is 35.5. The number of esters is 1. The first kappa shape index (κ1) is 52.3. The van der Waals surface area contributed by atoms with Crippen molar-refractivity contribution in [1.82, 2.24) is 10.2 Å². The minimum absolute atomic E-state index is 0.0745. The third-order valence-electron chi connectivity index (χ3n) is 12.0. The predicted octanol–water partition coefficient (Wildman–Crippen LogP) is 6.38. The van der Waals surface area contributed by atoms with Crippen LogP contribution in [0.3, 0.4) is 0 Å². The van der Waals surface area contributed by atoms with Crippen LogP contribution in [0.15, 0.2) is 60.7 Å². The Morgan fingerprint density at radius 3 is 2.37 bits per heavy atom. The monoisotopic (exact) mass is 948 g/mol. The number of nitrogens with zero attached hydrogens (tertiary/aromatic N) is 2. The van der Waals surface area contributed by atoms with Gasteiger partial charge in [-0.25, -0.2) is 4.79 Å². The lowest BCUT2D eigenvalue weighted by atomic mass is 9.84. The Bertz CT molecular complexity index is 2180. The topological polar surface area (TPSA) is 188 Å². The summed E-state index contributed by atoms with van der Waals surface area (Å²) in [5, 5.41) is 5.65. The summed E-state index contributed by atoms with van der Waals surface area (Å²) in [5.74, 6) is -0.897. The van der Waals surface area contributed by atoms with Crippen molar-refractivity contribution in [2.75, 3.05) is 83.0 Å². The van der Waals surface area contributed by atoms with Gasteiger partial charge in [-0.15, -0.1) is 11.6 Å². The summed E-state index contributed by atoms with van der Waals surface area (Å²) >= 11 is 5.76. The fourth-order valence-electron chi connectivity index (χ4n) is 7.83. The SMILES string of the molecule is CCC(C)(C)C(=O)C(=O)N1CCCCC1C(=O)OC(CCc1ccc(OC)c(OC)c1)c1cccc(NC(=O)CCOCCOCCNC(=O)COc2ccc3c(c2)CCCN3C(=O)CCl)c1. The molecule has 2 aliphatic heterocycles. The Kier molecular flexibility index (Phi) is 20.3. The van der Waals surface area contributed by atoms with Crippen molar-refractivity contribution >= 4 is 58.4 Å². The van der Waals surface area contributed by atoms with E-state index in [1.807, 2.05) is 43.3 Å². The lowest BCUT2D eigenvalue weighted by molar-refractivity contribution is -0.164. The highest BCUT2D eigenvalue weighted by molar-refractivity contribution is 6.38. The van der Waals surface area contributed by atoms with Crippen LogP contribution in [0.1, 0.15) is 88.5 Å². The zero-order valence-corrected chi connectivity index (χ0v) is 40.1. The van der Waals surface area contributed by atoms with Crippen LogP contribution in [0.2, 0.25) is 0 Å². The Labute approximate surface area is 398 Å². The van der Waals surface area contributed by atoms with E-state index < -0.39 is 35.2 Å². The molecule has 2 heterocycles. The van der Waals surface area contributed by atoms with Gasteiger partial charge >= 0.3 is 5.97 Å². The highest BCUT2D eigenvalue weighted by Gasteiger charge is 2.41. The molecule has 3 aromatic rings. The van der Waals surface area contributed by atoms with Gasteiger partial charge in [0.25, 0.3) is 11.8 Å². The molecular formula is C50H65ClN4O12. The molecule has 1 saturated heterocycles. The number of hydrogen-bond donors (Lipinski definition) is 2. The number of carbonyl (C=O) groups is 6. The zero-order chi connectivity index (χ0) is 48.3. The second kappa shape index (κ2) is 26.0. The minimum Gasteiger partial charge on any atom is -0.493 e. The van der Waals surface area contributed by atoms with E-state index >= 15 is 0 Å². The number of anilines is 2. The van der Waals surface area contributed by atoms with Gasteiger partial charge in [0.05, 0.1) is 47.1 Å². The van der Waals surface area contributed by atoms with Gasteiger partial charge in [-0.1, -0.05) is 39.0 Å². The van der Waals surface area contributed by atoms with Gasteiger partial charge in [0.1, 0.15) is 23.8 Å². The van der Waals surface area contributed by atoms with Gasteiger partial charge in [-0.3, -0.25) is 24.0 Å². The smallest absolute Gasteiger partial charge is 0.329 e. The number of hydrogen-bond acceptors (Lipinski definition) is 12. The molecule has 2 atom stereocenters. The number of amides is 4. The summed E-state index contributed by atoms with van der Waals surface area (Å²) in [6, 6.07) is 17.2. The third-order valence-corrected chi connectivity index (χ3v) is 12.3. The number of ketones is 1. The number of nitrogens with one attached hydrogen (secondary N) is 2. The number of fused-ring (bicyclic) bond motifs is 1. The number of alkyl halides is 1. The molecule has 2 N–H and O–H groups in total. The molecule has 0 aromatic heterocycles. The van der Waals surface area contributed by atoms with Gasteiger partial charge < -0.3 is 48.9 Å². The van der Waals surface area contributed by atoms with Crippen molar-refractivity contribution in [1.29, 1.82) is 0 Å². The number of carbonyl (C=O) groups excluding carboxylic acids is 6. The first-order valence-corrected chi connectivity index (χ1v) is 23.5. The molecule has 1 fully saturated rings. The molecule has 0 aliphatic carbocycles.